The minimum Gasteiger partial charge on any atom is -0.361 e. The molecule has 0 bridgehead atoms. The first kappa shape index (κ1) is 16.1. The number of carbonyl (C=O) groups excluding carboxylic acids is 1. The largest absolute Gasteiger partial charge is 0.361 e. The van der Waals surface area contributed by atoms with Gasteiger partial charge in [-0.2, -0.15) is 0 Å². The molecular formula is C15H21N5O2S. The van der Waals surface area contributed by atoms with Crippen LogP contribution in [-0.2, 0) is 13.0 Å². The van der Waals surface area contributed by atoms with Gasteiger partial charge in [0.25, 0.3) is 5.91 Å². The van der Waals surface area contributed by atoms with Gasteiger partial charge in [-0.05, 0) is 13.5 Å². The van der Waals surface area contributed by atoms with Crippen LogP contribution in [0.5, 0.6) is 0 Å². The molecule has 0 radical (unpaired) electrons. The fraction of sp³-hybridized carbons (Fsp3) is 0.533. The molecule has 3 heterocycles. The molecule has 2 aromatic rings. The van der Waals surface area contributed by atoms with Crippen LogP contribution in [0.2, 0.25) is 0 Å². The van der Waals surface area contributed by atoms with Crippen LogP contribution in [0.25, 0.3) is 0 Å². The average molecular weight is 335 g/mol. The van der Waals surface area contributed by atoms with E-state index in [-0.39, 0.29) is 5.91 Å². The van der Waals surface area contributed by atoms with Gasteiger partial charge in [0.05, 0.1) is 10.7 Å². The van der Waals surface area contributed by atoms with Crippen LogP contribution in [0.4, 0.5) is 0 Å². The lowest BCUT2D eigenvalue weighted by Gasteiger charge is -2.33. The van der Waals surface area contributed by atoms with Gasteiger partial charge < -0.3 is 15.2 Å². The molecule has 2 aromatic heterocycles. The molecule has 0 aliphatic carbocycles. The minimum absolute atomic E-state index is 0.0152. The number of rotatable bonds is 5. The number of thiazole rings is 1. The summed E-state index contributed by atoms with van der Waals surface area (Å²) in [5.41, 5.74) is 7.00. The van der Waals surface area contributed by atoms with Crippen LogP contribution in [-0.4, -0.2) is 58.6 Å². The Kier molecular flexibility index (Phi) is 5.04. The van der Waals surface area contributed by atoms with Crippen molar-refractivity contribution in [2.24, 2.45) is 5.73 Å². The van der Waals surface area contributed by atoms with Crippen molar-refractivity contribution >= 4 is 17.2 Å². The molecule has 23 heavy (non-hydrogen) atoms. The molecule has 8 heteroatoms. The number of hydrogen-bond donors (Lipinski definition) is 1. The van der Waals surface area contributed by atoms with Crippen LogP contribution in [0.15, 0.2) is 16.0 Å². The van der Waals surface area contributed by atoms with Crippen LogP contribution in [0.1, 0.15) is 27.0 Å². The normalized spacial score (nSPS) is 16.0. The first-order valence-electron chi connectivity index (χ1n) is 7.74. The third-order valence-electron chi connectivity index (χ3n) is 3.85. The van der Waals surface area contributed by atoms with Gasteiger partial charge in [0.15, 0.2) is 0 Å². The summed E-state index contributed by atoms with van der Waals surface area (Å²) in [6.07, 6.45) is 0.725. The average Bonchev–Trinajstić information content (AvgIpc) is 3.17. The van der Waals surface area contributed by atoms with Gasteiger partial charge in [0.1, 0.15) is 11.5 Å². The van der Waals surface area contributed by atoms with E-state index in [1.165, 1.54) is 11.3 Å². The van der Waals surface area contributed by atoms with Crippen molar-refractivity contribution in [1.82, 2.24) is 19.9 Å². The Morgan fingerprint density at radius 2 is 2.17 bits per heavy atom. The minimum atomic E-state index is 0.0152. The molecular weight excluding hydrogens is 314 g/mol. The number of piperazine rings is 1. The topological polar surface area (TPSA) is 88.5 Å². The summed E-state index contributed by atoms with van der Waals surface area (Å²) in [5, 5.41) is 6.77. The van der Waals surface area contributed by atoms with Crippen molar-refractivity contribution in [3.05, 3.63) is 33.6 Å². The molecule has 1 saturated heterocycles. The lowest BCUT2D eigenvalue weighted by molar-refractivity contribution is 0.0620. The molecule has 7 nitrogen and oxygen atoms in total. The summed E-state index contributed by atoms with van der Waals surface area (Å²) in [6.45, 7) is 6.28. The van der Waals surface area contributed by atoms with Crippen LogP contribution in [0, 0.1) is 6.92 Å². The van der Waals surface area contributed by atoms with E-state index in [1.807, 2.05) is 23.3 Å². The van der Waals surface area contributed by atoms with E-state index in [0.29, 0.717) is 25.3 Å². The number of nitrogens with two attached hydrogens (primary N) is 1. The lowest BCUT2D eigenvalue weighted by atomic mass is 10.2. The Labute approximate surface area is 139 Å². The Balaban J connectivity index is 1.52. The molecule has 1 fully saturated rings. The zero-order chi connectivity index (χ0) is 16.2. The highest BCUT2D eigenvalue weighted by Crippen LogP contribution is 2.15. The van der Waals surface area contributed by atoms with Crippen molar-refractivity contribution in [1.29, 1.82) is 0 Å². The summed E-state index contributed by atoms with van der Waals surface area (Å²) in [5.74, 6) is 0.840. The maximum atomic E-state index is 12.5. The van der Waals surface area contributed by atoms with Crippen molar-refractivity contribution in [3.63, 3.8) is 0 Å². The first-order chi connectivity index (χ1) is 11.2. The highest BCUT2D eigenvalue weighted by atomic mass is 32.1. The number of nitrogens with zero attached hydrogens (tertiary/aromatic N) is 4. The van der Waals surface area contributed by atoms with Gasteiger partial charge >= 0.3 is 0 Å². The number of carbonyl (C=O) groups is 1. The summed E-state index contributed by atoms with van der Waals surface area (Å²) in [4.78, 5) is 21.0. The third kappa shape index (κ3) is 3.95. The predicted molar refractivity (Wildman–Crippen MR) is 87.3 cm³/mol. The zero-order valence-corrected chi connectivity index (χ0v) is 14.0. The molecule has 1 aliphatic heterocycles. The second-order valence-corrected chi connectivity index (χ2v) is 6.61. The fourth-order valence-corrected chi connectivity index (χ4v) is 3.43. The standard InChI is InChI=1S/C15H21N5O2S/c1-11-8-12(18-22-11)9-19-4-6-20(7-5-19)15(21)13-10-23-14(17-13)2-3-16/h8,10H,2-7,9,16H2,1H3. The molecule has 1 aliphatic rings. The monoisotopic (exact) mass is 335 g/mol. The molecule has 124 valence electrons. The maximum Gasteiger partial charge on any atom is 0.273 e. The van der Waals surface area contributed by atoms with Crippen molar-refractivity contribution < 1.29 is 9.32 Å². The van der Waals surface area contributed by atoms with Gasteiger partial charge in [-0.15, -0.1) is 11.3 Å². The quantitative estimate of drug-likeness (QED) is 0.873. The Morgan fingerprint density at radius 1 is 1.39 bits per heavy atom. The van der Waals surface area contributed by atoms with E-state index in [4.69, 9.17) is 10.3 Å². The smallest absolute Gasteiger partial charge is 0.273 e. The van der Waals surface area contributed by atoms with Gasteiger partial charge in [-0.1, -0.05) is 5.16 Å². The van der Waals surface area contributed by atoms with Crippen LogP contribution >= 0.6 is 11.3 Å². The molecule has 2 N–H and O–H groups in total. The van der Waals surface area contributed by atoms with E-state index in [2.05, 4.69) is 15.0 Å². The number of aryl methyl sites for hydroxylation is 1. The zero-order valence-electron chi connectivity index (χ0n) is 13.2. The van der Waals surface area contributed by atoms with E-state index in [1.54, 1.807) is 0 Å². The van der Waals surface area contributed by atoms with Crippen LogP contribution < -0.4 is 5.73 Å². The van der Waals surface area contributed by atoms with E-state index in [9.17, 15) is 4.79 Å². The Bertz CT molecular complexity index is 660. The predicted octanol–water partition coefficient (Wildman–Crippen LogP) is 0.899. The second kappa shape index (κ2) is 7.20. The van der Waals surface area contributed by atoms with Gasteiger partial charge in [0.2, 0.25) is 0 Å². The maximum absolute atomic E-state index is 12.5. The van der Waals surface area contributed by atoms with E-state index in [0.717, 1.165) is 42.5 Å². The summed E-state index contributed by atoms with van der Waals surface area (Å²) in [6, 6.07) is 1.95. The summed E-state index contributed by atoms with van der Waals surface area (Å²) >= 11 is 1.50. The van der Waals surface area contributed by atoms with Gasteiger partial charge in [-0.3, -0.25) is 9.69 Å². The Hall–Kier alpha value is -1.77. The number of amides is 1. The SMILES string of the molecule is Cc1cc(CN2CCN(C(=O)c3csc(CCN)n3)CC2)no1. The highest BCUT2D eigenvalue weighted by molar-refractivity contribution is 7.09. The Morgan fingerprint density at radius 3 is 2.83 bits per heavy atom. The van der Waals surface area contributed by atoms with Crippen LogP contribution in [0.3, 0.4) is 0 Å². The fourth-order valence-electron chi connectivity index (χ4n) is 2.64. The summed E-state index contributed by atoms with van der Waals surface area (Å²) < 4.78 is 5.09. The molecule has 0 unspecified atom stereocenters. The van der Waals surface area contributed by atoms with E-state index >= 15 is 0 Å². The highest BCUT2D eigenvalue weighted by Gasteiger charge is 2.24. The van der Waals surface area contributed by atoms with Gasteiger partial charge in [0, 0.05) is 50.6 Å². The molecule has 0 atom stereocenters. The van der Waals surface area contributed by atoms with E-state index < -0.39 is 0 Å². The lowest BCUT2D eigenvalue weighted by Crippen LogP contribution is -2.48. The molecule has 0 aromatic carbocycles. The first-order valence-corrected chi connectivity index (χ1v) is 8.62. The molecule has 1 amide bonds. The van der Waals surface area contributed by atoms with Crippen molar-refractivity contribution in [3.8, 4) is 0 Å². The molecule has 3 rings (SSSR count). The molecule has 0 spiro atoms. The number of hydrogen-bond acceptors (Lipinski definition) is 7. The third-order valence-corrected chi connectivity index (χ3v) is 4.76. The number of aromatic nitrogens is 2. The van der Waals surface area contributed by atoms with Crippen molar-refractivity contribution in [2.75, 3.05) is 32.7 Å². The summed E-state index contributed by atoms with van der Waals surface area (Å²) in [7, 11) is 0. The second-order valence-electron chi connectivity index (χ2n) is 5.66. The molecule has 0 saturated carbocycles. The van der Waals surface area contributed by atoms with Crippen molar-refractivity contribution in [2.45, 2.75) is 19.9 Å². The van der Waals surface area contributed by atoms with Gasteiger partial charge in [-0.25, -0.2) is 4.98 Å².